The smallest absolute Gasteiger partial charge is 0.253 e. The number of piperidine rings is 1. The molecule has 5 rings (SSSR count). The van der Waals surface area contributed by atoms with Gasteiger partial charge in [-0.05, 0) is 73.2 Å². The summed E-state index contributed by atoms with van der Waals surface area (Å²) >= 11 is 0. The molecule has 0 atom stereocenters. The van der Waals surface area contributed by atoms with Crippen LogP contribution in [-0.4, -0.2) is 67.0 Å². The lowest BCUT2D eigenvalue weighted by atomic mass is 9.96. The topological polar surface area (TPSA) is 85.7 Å². The van der Waals surface area contributed by atoms with Crippen LogP contribution in [0.5, 0.6) is 5.75 Å². The first-order valence-corrected chi connectivity index (χ1v) is 13.8. The van der Waals surface area contributed by atoms with Crippen molar-refractivity contribution in [1.29, 1.82) is 0 Å². The van der Waals surface area contributed by atoms with Gasteiger partial charge in [0.05, 0.1) is 19.2 Å². The predicted octanol–water partition coefficient (Wildman–Crippen LogP) is 5.09. The third-order valence-corrected chi connectivity index (χ3v) is 7.80. The molecule has 0 unspecified atom stereocenters. The number of methoxy groups -OCH3 is 2. The number of ether oxygens (including phenoxy) is 2. The molecule has 9 heteroatoms. The highest BCUT2D eigenvalue weighted by atomic mass is 19.1. The zero-order valence-electron chi connectivity index (χ0n) is 23.7. The second-order valence-electron chi connectivity index (χ2n) is 10.4. The molecule has 1 aromatic heterocycles. The Morgan fingerprint density at radius 2 is 1.80 bits per heavy atom. The van der Waals surface area contributed by atoms with E-state index in [1.807, 2.05) is 59.1 Å². The molecular formula is C32H35FN4O4. The number of likely N-dealkylation sites (tertiary alicyclic amines) is 1. The van der Waals surface area contributed by atoms with Gasteiger partial charge in [0, 0.05) is 67.6 Å². The Morgan fingerprint density at radius 1 is 1.05 bits per heavy atom. The standard InChI is InChI=1S/C32H35FN4O4/c1-21-26(31(38)34-14-17-40-2)10-11-29-28(21)20-37(35-29)19-22-12-15-36(16-13-22)32(39)24-6-4-23(5-7-24)27-9-8-25(33)18-30(27)41-3/h4-11,18,20,22H,12-17,19H2,1-3H3,(H,34,38). The van der Waals surface area contributed by atoms with Crippen LogP contribution in [0.15, 0.2) is 60.8 Å². The van der Waals surface area contributed by atoms with Crippen LogP contribution in [0, 0.1) is 18.7 Å². The Balaban J connectivity index is 1.18. The van der Waals surface area contributed by atoms with E-state index < -0.39 is 0 Å². The number of carbonyl (C=O) groups excluding carboxylic acids is 2. The molecule has 41 heavy (non-hydrogen) atoms. The van der Waals surface area contributed by atoms with Gasteiger partial charge in [0.2, 0.25) is 0 Å². The molecule has 8 nitrogen and oxygen atoms in total. The van der Waals surface area contributed by atoms with Gasteiger partial charge < -0.3 is 19.7 Å². The van der Waals surface area contributed by atoms with E-state index in [2.05, 4.69) is 5.32 Å². The van der Waals surface area contributed by atoms with Crippen LogP contribution in [0.1, 0.15) is 39.1 Å². The van der Waals surface area contributed by atoms with Crippen molar-refractivity contribution in [3.05, 3.63) is 83.3 Å². The Morgan fingerprint density at radius 3 is 2.51 bits per heavy atom. The average Bonchev–Trinajstić information content (AvgIpc) is 3.41. The predicted molar refractivity (Wildman–Crippen MR) is 156 cm³/mol. The van der Waals surface area contributed by atoms with Crippen LogP contribution in [0.25, 0.3) is 22.0 Å². The van der Waals surface area contributed by atoms with E-state index in [0.29, 0.717) is 49.0 Å². The monoisotopic (exact) mass is 558 g/mol. The van der Waals surface area contributed by atoms with Crippen LogP contribution in [0.4, 0.5) is 4.39 Å². The fourth-order valence-corrected chi connectivity index (χ4v) is 5.44. The van der Waals surface area contributed by atoms with Crippen molar-refractivity contribution in [2.24, 2.45) is 5.92 Å². The third-order valence-electron chi connectivity index (χ3n) is 7.80. The van der Waals surface area contributed by atoms with Crippen molar-refractivity contribution in [1.82, 2.24) is 20.0 Å². The molecule has 0 saturated carbocycles. The molecule has 4 aromatic rings. The molecule has 1 fully saturated rings. The van der Waals surface area contributed by atoms with E-state index in [9.17, 15) is 14.0 Å². The lowest BCUT2D eigenvalue weighted by Gasteiger charge is -2.32. The van der Waals surface area contributed by atoms with Crippen LogP contribution < -0.4 is 10.1 Å². The Hall–Kier alpha value is -4.24. The second-order valence-corrected chi connectivity index (χ2v) is 10.4. The largest absolute Gasteiger partial charge is 0.496 e. The molecule has 214 valence electrons. The van der Waals surface area contributed by atoms with Crippen LogP contribution >= 0.6 is 0 Å². The molecule has 1 saturated heterocycles. The molecular weight excluding hydrogens is 523 g/mol. The quantitative estimate of drug-likeness (QED) is 0.290. The average molecular weight is 559 g/mol. The van der Waals surface area contributed by atoms with E-state index >= 15 is 0 Å². The molecule has 1 aliphatic heterocycles. The first-order valence-electron chi connectivity index (χ1n) is 13.8. The third kappa shape index (κ3) is 6.25. The van der Waals surface area contributed by atoms with Crippen molar-refractivity contribution in [3.8, 4) is 16.9 Å². The molecule has 0 aliphatic carbocycles. The number of hydrogen-bond acceptors (Lipinski definition) is 5. The minimum absolute atomic E-state index is 0.0119. The fraction of sp³-hybridized carbons (Fsp3) is 0.344. The molecule has 0 bridgehead atoms. The summed E-state index contributed by atoms with van der Waals surface area (Å²) in [5.74, 6) is 0.396. The summed E-state index contributed by atoms with van der Waals surface area (Å²) in [5.41, 5.74) is 4.68. The van der Waals surface area contributed by atoms with Gasteiger partial charge in [-0.15, -0.1) is 0 Å². The second kappa shape index (κ2) is 12.5. The van der Waals surface area contributed by atoms with Crippen molar-refractivity contribution in [3.63, 3.8) is 0 Å². The molecule has 0 spiro atoms. The summed E-state index contributed by atoms with van der Waals surface area (Å²) in [6.45, 7) is 5.01. The molecule has 3 aromatic carbocycles. The first kappa shape index (κ1) is 28.3. The number of aryl methyl sites for hydroxylation is 1. The van der Waals surface area contributed by atoms with Crippen LogP contribution in [0.2, 0.25) is 0 Å². The number of halogens is 1. The van der Waals surface area contributed by atoms with Gasteiger partial charge in [-0.1, -0.05) is 12.1 Å². The number of carbonyl (C=O) groups is 2. The van der Waals surface area contributed by atoms with Gasteiger partial charge in [0.25, 0.3) is 11.8 Å². The molecule has 2 amide bonds. The van der Waals surface area contributed by atoms with Gasteiger partial charge in [-0.3, -0.25) is 14.3 Å². The van der Waals surface area contributed by atoms with Crippen molar-refractivity contribution in [2.75, 3.05) is 40.5 Å². The SMILES string of the molecule is COCCNC(=O)c1ccc2nn(CC3CCN(C(=O)c4ccc(-c5ccc(F)cc5OC)cc4)CC3)cc2c1C. The van der Waals surface area contributed by atoms with E-state index in [4.69, 9.17) is 14.6 Å². The number of fused-ring (bicyclic) bond motifs is 1. The van der Waals surface area contributed by atoms with E-state index in [1.165, 1.54) is 19.2 Å². The van der Waals surface area contributed by atoms with Gasteiger partial charge in [0.1, 0.15) is 11.6 Å². The summed E-state index contributed by atoms with van der Waals surface area (Å²) in [4.78, 5) is 27.7. The number of rotatable bonds is 9. The van der Waals surface area contributed by atoms with Crippen molar-refractivity contribution < 1.29 is 23.5 Å². The maximum atomic E-state index is 13.6. The normalized spacial score (nSPS) is 13.9. The van der Waals surface area contributed by atoms with E-state index in [0.717, 1.165) is 47.0 Å². The fourth-order valence-electron chi connectivity index (χ4n) is 5.44. The number of nitrogens with zero attached hydrogens (tertiary/aromatic N) is 3. The molecule has 1 aliphatic rings. The van der Waals surface area contributed by atoms with Gasteiger partial charge in [0.15, 0.2) is 0 Å². The van der Waals surface area contributed by atoms with Crippen molar-refractivity contribution >= 4 is 22.7 Å². The van der Waals surface area contributed by atoms with Crippen LogP contribution in [-0.2, 0) is 11.3 Å². The maximum Gasteiger partial charge on any atom is 0.253 e. The number of nitrogens with one attached hydrogen (secondary N) is 1. The molecule has 2 heterocycles. The number of benzene rings is 3. The van der Waals surface area contributed by atoms with E-state index in [-0.39, 0.29) is 17.6 Å². The van der Waals surface area contributed by atoms with E-state index in [1.54, 1.807) is 13.2 Å². The highest BCUT2D eigenvalue weighted by Crippen LogP contribution is 2.31. The summed E-state index contributed by atoms with van der Waals surface area (Å²) < 4.78 is 25.9. The number of aromatic nitrogens is 2. The van der Waals surface area contributed by atoms with Gasteiger partial charge >= 0.3 is 0 Å². The summed E-state index contributed by atoms with van der Waals surface area (Å²) in [5, 5.41) is 8.60. The molecule has 0 radical (unpaired) electrons. The minimum atomic E-state index is -0.357. The highest BCUT2D eigenvalue weighted by Gasteiger charge is 2.25. The Bertz CT molecular complexity index is 1540. The lowest BCUT2D eigenvalue weighted by Crippen LogP contribution is -2.39. The lowest BCUT2D eigenvalue weighted by molar-refractivity contribution is 0.0681. The Kier molecular flexibility index (Phi) is 8.64. The minimum Gasteiger partial charge on any atom is -0.496 e. The first-order chi connectivity index (χ1) is 19.9. The van der Waals surface area contributed by atoms with Crippen LogP contribution in [0.3, 0.4) is 0 Å². The maximum absolute atomic E-state index is 13.6. The zero-order chi connectivity index (χ0) is 28.9. The molecule has 1 N–H and O–H groups in total. The van der Waals surface area contributed by atoms with Gasteiger partial charge in [-0.25, -0.2) is 4.39 Å². The zero-order valence-corrected chi connectivity index (χ0v) is 23.7. The summed E-state index contributed by atoms with van der Waals surface area (Å²) in [6, 6.07) is 15.5. The summed E-state index contributed by atoms with van der Waals surface area (Å²) in [7, 11) is 3.12. The number of amides is 2. The van der Waals surface area contributed by atoms with Crippen molar-refractivity contribution in [2.45, 2.75) is 26.3 Å². The Labute approximate surface area is 239 Å². The highest BCUT2D eigenvalue weighted by molar-refractivity contribution is 6.00. The van der Waals surface area contributed by atoms with Gasteiger partial charge in [-0.2, -0.15) is 5.10 Å². The number of hydrogen-bond donors (Lipinski definition) is 1. The summed E-state index contributed by atoms with van der Waals surface area (Å²) in [6.07, 6.45) is 3.80.